The van der Waals surface area contributed by atoms with E-state index in [0.717, 1.165) is 31.2 Å². The van der Waals surface area contributed by atoms with Gasteiger partial charge in [-0.25, -0.2) is 8.42 Å². The highest BCUT2D eigenvalue weighted by Gasteiger charge is 2.32. The molecule has 25 heavy (non-hydrogen) atoms. The van der Waals surface area contributed by atoms with Crippen molar-refractivity contribution >= 4 is 15.7 Å². The summed E-state index contributed by atoms with van der Waals surface area (Å²) in [6.07, 6.45) is 5.32. The molecular formula is C20H31NO3S. The molecule has 0 spiro atoms. The van der Waals surface area contributed by atoms with Crippen LogP contribution in [0.5, 0.6) is 0 Å². The highest BCUT2D eigenvalue weighted by molar-refractivity contribution is 7.90. The molecule has 0 unspecified atom stereocenters. The number of rotatable bonds is 4. The average molecular weight is 366 g/mol. The van der Waals surface area contributed by atoms with Gasteiger partial charge in [0, 0.05) is 12.2 Å². The smallest absolute Gasteiger partial charge is 0.223 e. The van der Waals surface area contributed by atoms with Crippen LogP contribution < -0.4 is 5.32 Å². The highest BCUT2D eigenvalue weighted by atomic mass is 32.2. The van der Waals surface area contributed by atoms with Gasteiger partial charge in [0.1, 0.15) is 0 Å². The van der Waals surface area contributed by atoms with Crippen LogP contribution in [0, 0.1) is 17.3 Å². The van der Waals surface area contributed by atoms with E-state index in [1.807, 2.05) is 6.92 Å². The molecule has 0 radical (unpaired) electrons. The Balaban J connectivity index is 1.92. The lowest BCUT2D eigenvalue weighted by molar-refractivity contribution is -0.127. The molecule has 1 N–H and O–H groups in total. The maximum Gasteiger partial charge on any atom is 0.223 e. The predicted octanol–water partition coefficient (Wildman–Crippen LogP) is 4.12. The van der Waals surface area contributed by atoms with E-state index in [4.69, 9.17) is 0 Å². The zero-order chi connectivity index (χ0) is 18.8. The molecule has 1 aliphatic carbocycles. The fourth-order valence-electron chi connectivity index (χ4n) is 3.64. The Labute approximate surface area is 152 Å². The third kappa shape index (κ3) is 5.30. The second-order valence-corrected chi connectivity index (χ2v) is 10.5. The second kappa shape index (κ2) is 7.48. The summed E-state index contributed by atoms with van der Waals surface area (Å²) in [6, 6.07) is 6.63. The van der Waals surface area contributed by atoms with Crippen LogP contribution in [-0.2, 0) is 14.6 Å². The lowest BCUT2D eigenvalue weighted by Gasteiger charge is -2.36. The number of amides is 1. The molecule has 0 saturated heterocycles. The molecule has 140 valence electrons. The van der Waals surface area contributed by atoms with Gasteiger partial charge in [0.05, 0.1) is 10.9 Å². The van der Waals surface area contributed by atoms with Gasteiger partial charge in [-0.3, -0.25) is 4.79 Å². The fraction of sp³-hybridized carbons (Fsp3) is 0.650. The Bertz CT molecular complexity index is 693. The summed E-state index contributed by atoms with van der Waals surface area (Å²) in [4.78, 5) is 12.9. The van der Waals surface area contributed by atoms with Crippen molar-refractivity contribution in [1.29, 1.82) is 0 Å². The van der Waals surface area contributed by atoms with Gasteiger partial charge in [0.25, 0.3) is 0 Å². The summed E-state index contributed by atoms with van der Waals surface area (Å²) in [5, 5.41) is 3.09. The molecule has 4 nitrogen and oxygen atoms in total. The summed E-state index contributed by atoms with van der Waals surface area (Å²) in [5.74, 6) is 0.904. The fourth-order valence-corrected chi connectivity index (χ4v) is 4.27. The summed E-state index contributed by atoms with van der Waals surface area (Å²) in [6.45, 7) is 8.77. The Hall–Kier alpha value is -1.36. The van der Waals surface area contributed by atoms with Crippen LogP contribution in [0.2, 0.25) is 0 Å². The Morgan fingerprint density at radius 2 is 1.60 bits per heavy atom. The van der Waals surface area contributed by atoms with Crippen molar-refractivity contribution in [2.45, 2.75) is 64.3 Å². The molecule has 1 amide bonds. The van der Waals surface area contributed by atoms with Gasteiger partial charge in [-0.05, 0) is 61.6 Å². The third-order valence-electron chi connectivity index (χ3n) is 5.49. The Morgan fingerprint density at radius 3 is 2.04 bits per heavy atom. The van der Waals surface area contributed by atoms with E-state index in [2.05, 4.69) is 26.1 Å². The number of carbonyl (C=O) groups is 1. The number of sulfone groups is 1. The maximum absolute atomic E-state index is 12.6. The van der Waals surface area contributed by atoms with Gasteiger partial charge in [0.15, 0.2) is 9.84 Å². The molecule has 0 heterocycles. The summed E-state index contributed by atoms with van der Waals surface area (Å²) >= 11 is 0. The molecule has 1 aromatic carbocycles. The van der Waals surface area contributed by atoms with Crippen LogP contribution in [0.15, 0.2) is 29.2 Å². The van der Waals surface area contributed by atoms with E-state index in [-0.39, 0.29) is 17.9 Å². The minimum Gasteiger partial charge on any atom is -0.349 e. The Kier molecular flexibility index (Phi) is 5.97. The Morgan fingerprint density at radius 1 is 1.08 bits per heavy atom. The lowest BCUT2D eigenvalue weighted by Crippen LogP contribution is -2.36. The number of benzene rings is 1. The standard InChI is InChI=1S/C20H31NO3S/c1-14(15-8-12-18(13-9-15)25(5,23)24)21-19(22)16-6-10-17(11-7-16)20(2,3)4/h8-9,12-14,16-17H,6-7,10-11H2,1-5H3,(H,21,22)/t14-,16?,17?/m1/s1. The van der Waals surface area contributed by atoms with Crippen LogP contribution in [0.1, 0.15) is 65.0 Å². The first-order valence-electron chi connectivity index (χ1n) is 9.09. The predicted molar refractivity (Wildman–Crippen MR) is 101 cm³/mol. The minimum atomic E-state index is -3.19. The second-order valence-electron chi connectivity index (χ2n) is 8.49. The van der Waals surface area contributed by atoms with E-state index < -0.39 is 9.84 Å². The van der Waals surface area contributed by atoms with Gasteiger partial charge < -0.3 is 5.32 Å². The highest BCUT2D eigenvalue weighted by Crippen LogP contribution is 2.39. The first kappa shape index (κ1) is 20.0. The van der Waals surface area contributed by atoms with Crippen LogP contribution in [0.3, 0.4) is 0 Å². The number of carbonyl (C=O) groups excluding carboxylic acids is 1. The molecule has 1 fully saturated rings. The van der Waals surface area contributed by atoms with Crippen molar-refractivity contribution in [3.63, 3.8) is 0 Å². The minimum absolute atomic E-state index is 0.0938. The van der Waals surface area contributed by atoms with Gasteiger partial charge >= 0.3 is 0 Å². The first-order valence-corrected chi connectivity index (χ1v) is 11.0. The van der Waals surface area contributed by atoms with E-state index in [1.165, 1.54) is 6.26 Å². The van der Waals surface area contributed by atoms with Crippen LogP contribution in [-0.4, -0.2) is 20.6 Å². The number of hydrogen-bond acceptors (Lipinski definition) is 3. The van der Waals surface area contributed by atoms with E-state index >= 15 is 0 Å². The molecule has 1 atom stereocenters. The normalized spacial score (nSPS) is 23.1. The summed E-state index contributed by atoms with van der Waals surface area (Å²) in [5.41, 5.74) is 1.24. The van der Waals surface area contributed by atoms with Crippen molar-refractivity contribution in [1.82, 2.24) is 5.32 Å². The largest absolute Gasteiger partial charge is 0.349 e. The molecule has 0 bridgehead atoms. The van der Waals surface area contributed by atoms with Crippen molar-refractivity contribution in [2.24, 2.45) is 17.3 Å². The molecule has 0 aliphatic heterocycles. The zero-order valence-corrected chi connectivity index (χ0v) is 16.8. The molecule has 1 saturated carbocycles. The molecule has 2 rings (SSSR count). The van der Waals surface area contributed by atoms with Gasteiger partial charge in [0.2, 0.25) is 5.91 Å². The van der Waals surface area contributed by atoms with Gasteiger partial charge in [-0.15, -0.1) is 0 Å². The van der Waals surface area contributed by atoms with Gasteiger partial charge in [-0.1, -0.05) is 32.9 Å². The SMILES string of the molecule is C[C@@H](NC(=O)C1CCC(C(C)(C)C)CC1)c1ccc(S(C)(=O)=O)cc1. The third-order valence-corrected chi connectivity index (χ3v) is 6.62. The summed E-state index contributed by atoms with van der Waals surface area (Å²) in [7, 11) is -3.19. The average Bonchev–Trinajstić information content (AvgIpc) is 2.53. The van der Waals surface area contributed by atoms with Crippen molar-refractivity contribution < 1.29 is 13.2 Å². The molecular weight excluding hydrogens is 334 g/mol. The van der Waals surface area contributed by atoms with Crippen LogP contribution in [0.25, 0.3) is 0 Å². The topological polar surface area (TPSA) is 63.2 Å². The van der Waals surface area contributed by atoms with E-state index in [1.54, 1.807) is 24.3 Å². The van der Waals surface area contributed by atoms with Crippen molar-refractivity contribution in [3.05, 3.63) is 29.8 Å². The van der Waals surface area contributed by atoms with E-state index in [9.17, 15) is 13.2 Å². The zero-order valence-electron chi connectivity index (χ0n) is 16.0. The van der Waals surface area contributed by atoms with E-state index in [0.29, 0.717) is 16.2 Å². The molecule has 1 aliphatic rings. The number of nitrogens with one attached hydrogen (secondary N) is 1. The molecule has 1 aromatic rings. The maximum atomic E-state index is 12.6. The number of hydrogen-bond donors (Lipinski definition) is 1. The van der Waals surface area contributed by atoms with Crippen LogP contribution >= 0.6 is 0 Å². The quantitative estimate of drug-likeness (QED) is 0.873. The molecule has 0 aromatic heterocycles. The van der Waals surface area contributed by atoms with Crippen LogP contribution in [0.4, 0.5) is 0 Å². The monoisotopic (exact) mass is 365 g/mol. The summed E-state index contributed by atoms with van der Waals surface area (Å²) < 4.78 is 23.1. The lowest BCUT2D eigenvalue weighted by atomic mass is 9.69. The molecule has 5 heteroatoms. The van der Waals surface area contributed by atoms with Crippen molar-refractivity contribution in [2.75, 3.05) is 6.26 Å². The van der Waals surface area contributed by atoms with Crippen molar-refractivity contribution in [3.8, 4) is 0 Å². The van der Waals surface area contributed by atoms with Gasteiger partial charge in [-0.2, -0.15) is 0 Å². The first-order chi connectivity index (χ1) is 11.5.